The largest absolute Gasteiger partial charge is 0.371 e. The molecule has 3 aromatic rings. The summed E-state index contributed by atoms with van der Waals surface area (Å²) in [5.74, 6) is -0.0213. The molecule has 1 fully saturated rings. The van der Waals surface area contributed by atoms with E-state index in [0.29, 0.717) is 48.5 Å². The van der Waals surface area contributed by atoms with Gasteiger partial charge in [0.25, 0.3) is 0 Å². The Hall–Kier alpha value is -3.76. The van der Waals surface area contributed by atoms with Crippen LogP contribution in [0.5, 0.6) is 0 Å². The van der Waals surface area contributed by atoms with Crippen LogP contribution in [-0.4, -0.2) is 51.8 Å². The average molecular weight is 483 g/mol. The third-order valence-corrected chi connectivity index (χ3v) is 6.77. The van der Waals surface area contributed by atoms with E-state index in [0.717, 1.165) is 24.5 Å². The van der Waals surface area contributed by atoms with E-state index >= 15 is 0 Å². The lowest BCUT2D eigenvalue weighted by Gasteiger charge is -2.33. The molecule has 0 radical (unpaired) electrons. The molecular weight excluding hydrogens is 454 g/mol. The monoisotopic (exact) mass is 482 g/mol. The summed E-state index contributed by atoms with van der Waals surface area (Å²) in [5, 5.41) is 10.7. The molecule has 5 rings (SSSR count). The number of rotatable bonds is 5. The van der Waals surface area contributed by atoms with Crippen LogP contribution < -0.4 is 20.4 Å². The molecule has 2 N–H and O–H groups in total. The zero-order chi connectivity index (χ0) is 24.7. The number of likely N-dealkylation sites (N-methyl/N-ethyl adjacent to an activating group) is 1. The smallest absolute Gasteiger partial charge is 0.246 e. The Labute approximate surface area is 202 Å². The Morgan fingerprint density at radius 1 is 1.14 bits per heavy atom. The van der Waals surface area contributed by atoms with Crippen molar-refractivity contribution in [3.63, 3.8) is 0 Å². The van der Waals surface area contributed by atoms with E-state index in [1.54, 1.807) is 0 Å². The van der Waals surface area contributed by atoms with Crippen LogP contribution in [0.3, 0.4) is 0 Å². The fourth-order valence-electron chi connectivity index (χ4n) is 4.59. The Morgan fingerprint density at radius 2 is 1.86 bits per heavy atom. The predicted molar refractivity (Wildman–Crippen MR) is 130 cm³/mol. The van der Waals surface area contributed by atoms with Gasteiger partial charge in [-0.25, -0.2) is 13.8 Å². The maximum atomic E-state index is 13.6. The highest BCUT2D eigenvalue weighted by Crippen LogP contribution is 2.32. The van der Waals surface area contributed by atoms with Crippen LogP contribution in [-0.2, 0) is 11.3 Å². The number of piperidine rings is 1. The van der Waals surface area contributed by atoms with Crippen LogP contribution in [0.2, 0.25) is 0 Å². The number of halogens is 2. The van der Waals surface area contributed by atoms with Crippen molar-refractivity contribution < 1.29 is 13.6 Å². The Bertz CT molecular complexity index is 1230. The van der Waals surface area contributed by atoms with E-state index in [1.165, 1.54) is 12.1 Å². The first kappa shape index (κ1) is 23.0. The zero-order valence-electron chi connectivity index (χ0n) is 19.9. The number of benzene rings is 1. The lowest BCUT2D eigenvalue weighted by molar-refractivity contribution is -0.117. The molecule has 1 atom stereocenters. The lowest BCUT2D eigenvalue weighted by Crippen LogP contribution is -2.44. The second-order valence-corrected chi connectivity index (χ2v) is 9.14. The summed E-state index contributed by atoms with van der Waals surface area (Å²) >= 11 is 0. The number of aryl methyl sites for hydroxylation is 1. The highest BCUT2D eigenvalue weighted by molar-refractivity contribution is 6.03. The lowest BCUT2D eigenvalue weighted by atomic mass is 10.0. The fraction of sp³-hybridized carbons (Fsp3) is 0.417. The first-order valence-corrected chi connectivity index (χ1v) is 11.7. The van der Waals surface area contributed by atoms with Gasteiger partial charge in [-0.3, -0.25) is 9.48 Å². The first-order valence-electron chi connectivity index (χ1n) is 11.7. The normalized spacial score (nSPS) is 18.4. The van der Waals surface area contributed by atoms with E-state index in [-0.39, 0.29) is 18.0 Å². The minimum atomic E-state index is -0.560. The van der Waals surface area contributed by atoms with Gasteiger partial charge in [0.1, 0.15) is 23.4 Å². The predicted octanol–water partition coefficient (Wildman–Crippen LogP) is 3.49. The Balaban J connectivity index is 1.21. The summed E-state index contributed by atoms with van der Waals surface area (Å²) in [6, 6.07) is 3.55. The number of anilines is 4. The molecule has 1 saturated heterocycles. The van der Waals surface area contributed by atoms with Crippen LogP contribution in [0.4, 0.5) is 31.9 Å². The molecule has 0 aliphatic carbocycles. The van der Waals surface area contributed by atoms with Gasteiger partial charge in [0.15, 0.2) is 5.82 Å². The van der Waals surface area contributed by atoms with Crippen molar-refractivity contribution in [2.75, 3.05) is 40.6 Å². The summed E-state index contributed by atoms with van der Waals surface area (Å²) in [6.07, 6.45) is 5.49. The van der Waals surface area contributed by atoms with E-state index in [4.69, 9.17) is 0 Å². The molecule has 2 aliphatic heterocycles. The highest BCUT2D eigenvalue weighted by Gasteiger charge is 2.30. The first-order chi connectivity index (χ1) is 16.8. The van der Waals surface area contributed by atoms with Crippen LogP contribution >= 0.6 is 0 Å². The van der Waals surface area contributed by atoms with Crippen LogP contribution in [0.25, 0.3) is 0 Å². The molecule has 184 valence electrons. The Kier molecular flexibility index (Phi) is 6.00. The molecule has 1 aromatic carbocycles. The van der Waals surface area contributed by atoms with E-state index in [1.807, 2.05) is 47.8 Å². The molecule has 2 aliphatic rings. The van der Waals surface area contributed by atoms with Gasteiger partial charge in [0.05, 0.1) is 17.9 Å². The topological polar surface area (TPSA) is 91.2 Å². The van der Waals surface area contributed by atoms with Crippen molar-refractivity contribution in [1.82, 2.24) is 19.7 Å². The average Bonchev–Trinajstić information content (AvgIpc) is 3.31. The van der Waals surface area contributed by atoms with Crippen LogP contribution in [0.15, 0.2) is 30.6 Å². The van der Waals surface area contributed by atoms with Gasteiger partial charge in [-0.05, 0) is 38.8 Å². The molecule has 11 heteroatoms. The molecule has 0 spiro atoms. The van der Waals surface area contributed by atoms with Gasteiger partial charge in [0, 0.05) is 50.2 Å². The van der Waals surface area contributed by atoms with Crippen molar-refractivity contribution in [3.05, 3.63) is 53.5 Å². The summed E-state index contributed by atoms with van der Waals surface area (Å²) in [5.41, 5.74) is 2.91. The van der Waals surface area contributed by atoms with E-state index < -0.39 is 11.6 Å². The molecule has 2 aromatic heterocycles. The maximum absolute atomic E-state index is 13.6. The van der Waals surface area contributed by atoms with Crippen molar-refractivity contribution in [1.29, 1.82) is 0 Å². The summed E-state index contributed by atoms with van der Waals surface area (Å²) in [7, 11) is 1.85. The fourth-order valence-corrected chi connectivity index (χ4v) is 4.59. The summed E-state index contributed by atoms with van der Waals surface area (Å²) in [6.45, 7) is 5.58. The maximum Gasteiger partial charge on any atom is 0.246 e. The number of hydrogen-bond donors (Lipinski definition) is 2. The minimum Gasteiger partial charge on any atom is -0.371 e. The molecule has 0 saturated carbocycles. The second-order valence-electron chi connectivity index (χ2n) is 9.14. The molecule has 4 heterocycles. The number of carbonyl (C=O) groups is 1. The van der Waals surface area contributed by atoms with Gasteiger partial charge in [-0.15, -0.1) is 0 Å². The van der Waals surface area contributed by atoms with Crippen LogP contribution in [0, 0.1) is 18.6 Å². The number of nitrogens with zero attached hydrogens (tertiary/aromatic N) is 6. The van der Waals surface area contributed by atoms with Gasteiger partial charge < -0.3 is 20.4 Å². The summed E-state index contributed by atoms with van der Waals surface area (Å²) in [4.78, 5) is 25.0. The molecule has 0 unspecified atom stereocenters. The third kappa shape index (κ3) is 4.62. The van der Waals surface area contributed by atoms with Crippen molar-refractivity contribution in [2.24, 2.45) is 0 Å². The minimum absolute atomic E-state index is 0.0752. The molecular formula is C24H28F2N8O. The van der Waals surface area contributed by atoms with Gasteiger partial charge in [-0.2, -0.15) is 10.1 Å². The van der Waals surface area contributed by atoms with E-state index in [9.17, 15) is 13.6 Å². The van der Waals surface area contributed by atoms with Gasteiger partial charge in [0.2, 0.25) is 11.9 Å². The Morgan fingerprint density at radius 3 is 2.57 bits per heavy atom. The number of nitrogens with one attached hydrogen (secondary N) is 2. The summed E-state index contributed by atoms with van der Waals surface area (Å²) < 4.78 is 29.1. The second kappa shape index (κ2) is 9.12. The van der Waals surface area contributed by atoms with Crippen molar-refractivity contribution in [2.45, 2.75) is 45.3 Å². The standard InChI is InChI=1S/C24H28F2N8O/c1-14-21-22(32(3)15(2)23(35)30-21)31-24(29-14)27-11-16-12-28-34(13-16)19-4-6-33(7-5-19)20-9-17(25)8-18(26)10-20/h8-10,12-13,15,19H,4-7,11H2,1-3H3,(H,30,35)(H,27,29,31)/t15-/m0/s1. The molecule has 0 bridgehead atoms. The number of hydrogen-bond acceptors (Lipinski definition) is 7. The van der Waals surface area contributed by atoms with Crippen molar-refractivity contribution in [3.8, 4) is 0 Å². The molecule has 1 amide bonds. The van der Waals surface area contributed by atoms with Gasteiger partial charge in [-0.1, -0.05) is 0 Å². The molecule has 35 heavy (non-hydrogen) atoms. The number of amides is 1. The number of aromatic nitrogens is 4. The van der Waals surface area contributed by atoms with Crippen molar-refractivity contribution >= 4 is 29.0 Å². The number of carbonyl (C=O) groups excluding carboxylic acids is 1. The third-order valence-electron chi connectivity index (χ3n) is 6.77. The van der Waals surface area contributed by atoms with Crippen LogP contribution in [0.1, 0.15) is 37.1 Å². The highest BCUT2D eigenvalue weighted by atomic mass is 19.1. The van der Waals surface area contributed by atoms with Gasteiger partial charge >= 0.3 is 0 Å². The van der Waals surface area contributed by atoms with E-state index in [2.05, 4.69) is 25.7 Å². The zero-order valence-corrected chi connectivity index (χ0v) is 19.9. The molecule has 9 nitrogen and oxygen atoms in total. The quantitative estimate of drug-likeness (QED) is 0.575. The SMILES string of the molecule is Cc1nc(NCc2cnn(C3CCN(c4cc(F)cc(F)c4)CC3)c2)nc2c1NC(=O)[C@H](C)N2C. The number of fused-ring (bicyclic) bond motifs is 1.